The van der Waals surface area contributed by atoms with E-state index in [4.69, 9.17) is 4.74 Å². The molecule has 2 aromatic rings. The third-order valence-corrected chi connectivity index (χ3v) is 5.72. The Morgan fingerprint density at radius 2 is 1.88 bits per heavy atom. The zero-order valence-corrected chi connectivity index (χ0v) is 16.6. The molecule has 0 aliphatic carbocycles. The van der Waals surface area contributed by atoms with Gasteiger partial charge in [-0.05, 0) is 49.4 Å². The fraction of sp³-hybridized carbons (Fsp3) is 0.526. The third-order valence-electron chi connectivity index (χ3n) is 4.68. The summed E-state index contributed by atoms with van der Waals surface area (Å²) in [5.74, 6) is 2.09. The van der Waals surface area contributed by atoms with Crippen molar-refractivity contribution in [3.63, 3.8) is 0 Å². The van der Waals surface area contributed by atoms with Gasteiger partial charge in [0, 0.05) is 18.8 Å². The number of rotatable bonds is 5. The molecule has 1 aromatic heterocycles. The number of carbonyl (C=O) groups is 1. The Bertz CT molecular complexity index is 736. The summed E-state index contributed by atoms with van der Waals surface area (Å²) in [6, 6.07) is 7.70. The number of likely N-dealkylation sites (tertiary alicyclic amines) is 1. The zero-order valence-electron chi connectivity index (χ0n) is 15.8. The van der Waals surface area contributed by atoms with Crippen LogP contribution in [0.3, 0.4) is 0 Å². The van der Waals surface area contributed by atoms with E-state index in [2.05, 4.69) is 24.0 Å². The smallest absolute Gasteiger partial charge is 0.235 e. The van der Waals surface area contributed by atoms with E-state index < -0.39 is 0 Å². The van der Waals surface area contributed by atoms with E-state index in [0.717, 1.165) is 24.5 Å². The molecule has 0 unspecified atom stereocenters. The molecular formula is C19H26N4O2S. The van der Waals surface area contributed by atoms with Gasteiger partial charge in [0.25, 0.3) is 0 Å². The van der Waals surface area contributed by atoms with Crippen LogP contribution in [0, 0.1) is 11.8 Å². The number of nitrogens with zero attached hydrogens (tertiary/aromatic N) is 4. The number of thioether (sulfide) groups is 1. The molecule has 3 rings (SSSR count). The lowest BCUT2D eigenvalue weighted by Gasteiger charge is -2.36. The van der Waals surface area contributed by atoms with Crippen LogP contribution >= 0.6 is 11.8 Å². The van der Waals surface area contributed by atoms with Crippen LogP contribution in [0.5, 0.6) is 5.75 Å². The molecule has 0 bridgehead atoms. The molecule has 1 aliphatic heterocycles. The summed E-state index contributed by atoms with van der Waals surface area (Å²) >= 11 is 1.45. The van der Waals surface area contributed by atoms with Crippen molar-refractivity contribution in [2.75, 3.05) is 20.2 Å². The third kappa shape index (κ3) is 4.20. The van der Waals surface area contributed by atoms with E-state index in [1.165, 1.54) is 18.2 Å². The van der Waals surface area contributed by atoms with Crippen LogP contribution in [-0.2, 0) is 4.79 Å². The van der Waals surface area contributed by atoms with Crippen molar-refractivity contribution in [2.24, 2.45) is 11.8 Å². The molecule has 1 aromatic carbocycles. The average Bonchev–Trinajstić information content (AvgIpc) is 3.08. The first kappa shape index (κ1) is 18.8. The minimum absolute atomic E-state index is 0.178. The Kier molecular flexibility index (Phi) is 5.86. The summed E-state index contributed by atoms with van der Waals surface area (Å²) in [6.07, 6.45) is 2.86. The van der Waals surface area contributed by atoms with Crippen LogP contribution in [0.15, 0.2) is 35.7 Å². The second-order valence-electron chi connectivity index (χ2n) is 7.13. The number of ether oxygens (including phenoxy) is 1. The molecule has 1 aliphatic rings. The van der Waals surface area contributed by atoms with Gasteiger partial charge in [0.1, 0.15) is 12.1 Å². The lowest BCUT2D eigenvalue weighted by atomic mass is 9.92. The van der Waals surface area contributed by atoms with Crippen molar-refractivity contribution in [1.82, 2.24) is 19.7 Å². The minimum Gasteiger partial charge on any atom is -0.497 e. The largest absolute Gasteiger partial charge is 0.497 e. The average molecular weight is 375 g/mol. The molecule has 7 heteroatoms. The Labute approximate surface area is 158 Å². The van der Waals surface area contributed by atoms with Crippen molar-refractivity contribution in [1.29, 1.82) is 0 Å². The van der Waals surface area contributed by atoms with Crippen LogP contribution < -0.4 is 4.74 Å². The fourth-order valence-corrected chi connectivity index (χ4v) is 4.46. The molecule has 1 fully saturated rings. The highest BCUT2D eigenvalue weighted by atomic mass is 32.2. The Balaban J connectivity index is 1.70. The van der Waals surface area contributed by atoms with Gasteiger partial charge in [-0.15, -0.1) is 10.2 Å². The quantitative estimate of drug-likeness (QED) is 0.752. The number of carbonyl (C=O) groups excluding carboxylic acids is 1. The second kappa shape index (κ2) is 8.12. The van der Waals surface area contributed by atoms with Crippen molar-refractivity contribution in [2.45, 2.75) is 37.6 Å². The lowest BCUT2D eigenvalue weighted by molar-refractivity contribution is -0.132. The highest BCUT2D eigenvalue weighted by Gasteiger charge is 2.29. The molecule has 0 spiro atoms. The number of hydrogen-bond donors (Lipinski definition) is 0. The van der Waals surface area contributed by atoms with Crippen LogP contribution in [-0.4, -0.2) is 51.0 Å². The van der Waals surface area contributed by atoms with E-state index in [9.17, 15) is 4.79 Å². The van der Waals surface area contributed by atoms with E-state index in [0.29, 0.717) is 17.0 Å². The van der Waals surface area contributed by atoms with Crippen LogP contribution in [0.4, 0.5) is 0 Å². The van der Waals surface area contributed by atoms with Crippen LogP contribution in [0.2, 0.25) is 0 Å². The van der Waals surface area contributed by atoms with Gasteiger partial charge in [-0.25, -0.2) is 0 Å². The molecule has 2 heterocycles. The zero-order chi connectivity index (χ0) is 18.7. The maximum atomic E-state index is 12.9. The van der Waals surface area contributed by atoms with Crippen LogP contribution in [0.1, 0.15) is 27.2 Å². The fourth-order valence-electron chi connectivity index (χ4n) is 3.53. The SMILES string of the molecule is COc1ccc(-n2cnnc2S[C@@H](C)C(=O)N2C[C@H](C)C[C@H](C)C2)cc1. The lowest BCUT2D eigenvalue weighted by Crippen LogP contribution is -2.45. The normalized spacial score (nSPS) is 21.5. The number of amides is 1. The van der Waals surface area contributed by atoms with Gasteiger partial charge in [-0.1, -0.05) is 25.6 Å². The topological polar surface area (TPSA) is 60.2 Å². The first-order chi connectivity index (χ1) is 12.5. The predicted octanol–water partition coefficient (Wildman–Crippen LogP) is 3.26. The second-order valence-corrected chi connectivity index (χ2v) is 8.44. The molecule has 6 nitrogen and oxygen atoms in total. The van der Waals surface area contributed by atoms with E-state index in [-0.39, 0.29) is 11.2 Å². The maximum absolute atomic E-state index is 12.9. The Morgan fingerprint density at radius 3 is 2.50 bits per heavy atom. The van der Waals surface area contributed by atoms with Gasteiger partial charge in [0.05, 0.1) is 12.4 Å². The summed E-state index contributed by atoms with van der Waals surface area (Å²) < 4.78 is 7.10. The molecule has 140 valence electrons. The van der Waals surface area contributed by atoms with Crippen molar-refractivity contribution >= 4 is 17.7 Å². The number of hydrogen-bond acceptors (Lipinski definition) is 5. The van der Waals surface area contributed by atoms with Gasteiger partial charge < -0.3 is 9.64 Å². The van der Waals surface area contributed by atoms with Gasteiger partial charge in [-0.3, -0.25) is 9.36 Å². The summed E-state index contributed by atoms with van der Waals surface area (Å²) in [4.78, 5) is 14.9. The van der Waals surface area contributed by atoms with Gasteiger partial charge in [0.15, 0.2) is 5.16 Å². The number of aromatic nitrogens is 3. The summed E-state index contributed by atoms with van der Waals surface area (Å²) in [5.41, 5.74) is 0.943. The molecule has 3 atom stereocenters. The van der Waals surface area contributed by atoms with Crippen LogP contribution in [0.25, 0.3) is 5.69 Å². The highest BCUT2D eigenvalue weighted by molar-refractivity contribution is 8.00. The molecular weight excluding hydrogens is 348 g/mol. The summed E-state index contributed by atoms with van der Waals surface area (Å²) in [6.45, 7) is 8.07. The van der Waals surface area contributed by atoms with E-state index >= 15 is 0 Å². The van der Waals surface area contributed by atoms with Gasteiger partial charge in [0.2, 0.25) is 5.91 Å². The first-order valence-electron chi connectivity index (χ1n) is 8.97. The van der Waals surface area contributed by atoms with Crippen molar-refractivity contribution in [3.05, 3.63) is 30.6 Å². The number of benzene rings is 1. The Morgan fingerprint density at radius 1 is 1.23 bits per heavy atom. The Hall–Kier alpha value is -2.02. The first-order valence-corrected chi connectivity index (χ1v) is 9.85. The van der Waals surface area contributed by atoms with Crippen molar-refractivity contribution in [3.8, 4) is 11.4 Å². The number of piperidine rings is 1. The summed E-state index contributed by atoms with van der Waals surface area (Å²) in [5, 5.41) is 8.75. The monoisotopic (exact) mass is 374 g/mol. The highest BCUT2D eigenvalue weighted by Crippen LogP contribution is 2.28. The van der Waals surface area contributed by atoms with Crippen molar-refractivity contribution < 1.29 is 9.53 Å². The van der Waals surface area contributed by atoms with E-state index in [1.807, 2.05) is 40.7 Å². The maximum Gasteiger partial charge on any atom is 0.235 e. The summed E-state index contributed by atoms with van der Waals surface area (Å²) in [7, 11) is 1.64. The van der Waals surface area contributed by atoms with Gasteiger partial charge >= 0.3 is 0 Å². The predicted molar refractivity (Wildman–Crippen MR) is 103 cm³/mol. The molecule has 1 amide bonds. The number of methoxy groups -OCH3 is 1. The molecule has 0 radical (unpaired) electrons. The minimum atomic E-state index is -0.200. The molecule has 1 saturated heterocycles. The van der Waals surface area contributed by atoms with Gasteiger partial charge in [-0.2, -0.15) is 0 Å². The van der Waals surface area contributed by atoms with E-state index in [1.54, 1.807) is 13.4 Å². The molecule has 0 N–H and O–H groups in total. The molecule has 0 saturated carbocycles. The molecule has 26 heavy (non-hydrogen) atoms. The standard InChI is InChI=1S/C19H26N4O2S/c1-13-9-14(2)11-22(10-13)18(24)15(3)26-19-21-20-12-23(19)16-5-7-17(25-4)8-6-16/h5-8,12-15H,9-11H2,1-4H3/t13-,14+,15-/m0/s1.